The van der Waals surface area contributed by atoms with Crippen molar-refractivity contribution in [2.45, 2.75) is 17.8 Å². The van der Waals surface area contributed by atoms with Crippen LogP contribution in [0, 0.1) is 0 Å². The molecule has 3 aliphatic rings. The first kappa shape index (κ1) is 27.7. The van der Waals surface area contributed by atoms with E-state index in [9.17, 15) is 0 Å². The van der Waals surface area contributed by atoms with Crippen LogP contribution >= 0.6 is 0 Å². The van der Waals surface area contributed by atoms with Gasteiger partial charge in [0.05, 0.1) is 5.41 Å². The van der Waals surface area contributed by atoms with Crippen LogP contribution in [-0.2, 0) is 10.8 Å². The Balaban J connectivity index is 1.21. The van der Waals surface area contributed by atoms with Crippen molar-refractivity contribution in [3.05, 3.63) is 215 Å². The molecule has 0 aromatic heterocycles. The molecule has 1 nitrogen and oxygen atoms in total. The number of hydrogen-bond donors (Lipinski definition) is 0. The first-order valence-electron chi connectivity index (χ1n) is 17.5. The zero-order valence-corrected chi connectivity index (χ0v) is 27.7. The standard InChI is InChI=1S/C49H32O/c1-48(33-16-3-2-4-17-33)41-24-9-10-27-45(41)50-47-34(20-13-26-43(47)48)32-28-29-37-35-18-5-7-22-39(35)49(44(37)30-32)40-23-8-6-19-36(40)38-21-11-14-31-15-12-25-42(49)46(31)38/h2-30H,1H3. The van der Waals surface area contributed by atoms with Crippen molar-refractivity contribution >= 4 is 10.8 Å². The molecule has 0 amide bonds. The SMILES string of the molecule is CC1(c2ccccc2)c2ccccc2Oc2c(-c3ccc4c(c3)C3(c5ccccc5-4)c4ccccc4-c4cccc5cccc3c45)cccc21. The lowest BCUT2D eigenvalue weighted by atomic mass is 9.61. The number of para-hydroxylation sites is 2. The van der Waals surface area contributed by atoms with E-state index in [1.807, 2.05) is 0 Å². The van der Waals surface area contributed by atoms with Crippen LogP contribution in [0.5, 0.6) is 11.5 Å². The highest BCUT2D eigenvalue weighted by molar-refractivity contribution is 6.07. The van der Waals surface area contributed by atoms with Crippen LogP contribution in [0.4, 0.5) is 0 Å². The summed E-state index contributed by atoms with van der Waals surface area (Å²) in [5.41, 5.74) is 15.6. The second kappa shape index (κ2) is 9.94. The van der Waals surface area contributed by atoms with Gasteiger partial charge in [0.25, 0.3) is 0 Å². The van der Waals surface area contributed by atoms with E-state index in [0.29, 0.717) is 0 Å². The van der Waals surface area contributed by atoms with Crippen LogP contribution in [-0.4, -0.2) is 0 Å². The van der Waals surface area contributed by atoms with Crippen LogP contribution < -0.4 is 4.74 Å². The maximum Gasteiger partial charge on any atom is 0.139 e. The summed E-state index contributed by atoms with van der Waals surface area (Å²) in [7, 11) is 0. The quantitative estimate of drug-likeness (QED) is 0.183. The van der Waals surface area contributed by atoms with Gasteiger partial charge in [0.15, 0.2) is 0 Å². The van der Waals surface area contributed by atoms with E-state index in [1.165, 1.54) is 72.0 Å². The molecule has 2 atom stereocenters. The summed E-state index contributed by atoms with van der Waals surface area (Å²) in [6, 6.07) is 65.0. The predicted octanol–water partition coefficient (Wildman–Crippen LogP) is 12.3. The van der Waals surface area contributed by atoms with Crippen LogP contribution in [0.2, 0.25) is 0 Å². The highest BCUT2D eigenvalue weighted by Crippen LogP contribution is 2.62. The van der Waals surface area contributed by atoms with Gasteiger partial charge in [-0.1, -0.05) is 164 Å². The molecule has 0 saturated carbocycles. The van der Waals surface area contributed by atoms with E-state index in [1.54, 1.807) is 0 Å². The highest BCUT2D eigenvalue weighted by atomic mass is 16.5. The molecule has 1 spiro atoms. The second-order valence-electron chi connectivity index (χ2n) is 14.1. The van der Waals surface area contributed by atoms with Gasteiger partial charge in [0.1, 0.15) is 11.5 Å². The topological polar surface area (TPSA) is 9.23 Å². The van der Waals surface area contributed by atoms with Gasteiger partial charge < -0.3 is 4.74 Å². The van der Waals surface area contributed by atoms with Crippen molar-refractivity contribution in [3.63, 3.8) is 0 Å². The Bertz CT molecular complexity index is 2700. The summed E-state index contributed by atoms with van der Waals surface area (Å²) in [6.07, 6.45) is 0. The third kappa shape index (κ3) is 3.37. The lowest BCUT2D eigenvalue weighted by Gasteiger charge is -2.40. The number of rotatable bonds is 2. The fourth-order valence-electron chi connectivity index (χ4n) is 9.67. The van der Waals surface area contributed by atoms with E-state index < -0.39 is 5.41 Å². The van der Waals surface area contributed by atoms with Crippen molar-refractivity contribution in [1.29, 1.82) is 0 Å². The summed E-state index contributed by atoms with van der Waals surface area (Å²) < 4.78 is 6.95. The van der Waals surface area contributed by atoms with Crippen molar-refractivity contribution in [2.24, 2.45) is 0 Å². The molecule has 0 radical (unpaired) electrons. The highest BCUT2D eigenvalue weighted by Gasteiger charge is 2.50. The molecule has 0 N–H and O–H groups in total. The van der Waals surface area contributed by atoms with Crippen LogP contribution in [0.15, 0.2) is 176 Å². The van der Waals surface area contributed by atoms with Crippen molar-refractivity contribution in [1.82, 2.24) is 0 Å². The third-order valence-corrected chi connectivity index (χ3v) is 11.8. The Hall–Kier alpha value is -6.18. The van der Waals surface area contributed by atoms with E-state index in [4.69, 9.17) is 4.74 Å². The second-order valence-corrected chi connectivity index (χ2v) is 14.1. The lowest BCUT2D eigenvalue weighted by Crippen LogP contribution is -2.31. The van der Waals surface area contributed by atoms with Gasteiger partial charge in [-0.15, -0.1) is 0 Å². The molecule has 8 aromatic rings. The normalized spacial score (nSPS) is 18.8. The molecule has 0 fully saturated rings. The van der Waals surface area contributed by atoms with Gasteiger partial charge in [-0.2, -0.15) is 0 Å². The average molecular weight is 637 g/mol. The van der Waals surface area contributed by atoms with E-state index in [2.05, 4.69) is 183 Å². The number of hydrogen-bond acceptors (Lipinski definition) is 1. The van der Waals surface area contributed by atoms with E-state index >= 15 is 0 Å². The average Bonchev–Trinajstić information content (AvgIpc) is 3.47. The molecule has 1 aliphatic heterocycles. The van der Waals surface area contributed by atoms with E-state index in [0.717, 1.165) is 22.6 Å². The Labute approximate surface area is 292 Å². The summed E-state index contributed by atoms with van der Waals surface area (Å²) in [5.74, 6) is 1.84. The maximum atomic E-state index is 6.95. The first-order chi connectivity index (χ1) is 24.7. The monoisotopic (exact) mass is 636 g/mol. The Morgan fingerprint density at radius 2 is 0.960 bits per heavy atom. The fourth-order valence-corrected chi connectivity index (χ4v) is 9.67. The summed E-state index contributed by atoms with van der Waals surface area (Å²) >= 11 is 0. The summed E-state index contributed by atoms with van der Waals surface area (Å²) in [4.78, 5) is 0. The largest absolute Gasteiger partial charge is 0.456 e. The van der Waals surface area contributed by atoms with Gasteiger partial charge >= 0.3 is 0 Å². The van der Waals surface area contributed by atoms with Crippen molar-refractivity contribution in [2.75, 3.05) is 0 Å². The van der Waals surface area contributed by atoms with Crippen molar-refractivity contribution < 1.29 is 4.74 Å². The molecule has 2 unspecified atom stereocenters. The zero-order valence-electron chi connectivity index (χ0n) is 27.7. The van der Waals surface area contributed by atoms with Gasteiger partial charge in [-0.05, 0) is 85.5 Å². The number of benzene rings is 8. The molecular weight excluding hydrogens is 605 g/mol. The maximum absolute atomic E-state index is 6.95. The Morgan fingerprint density at radius 3 is 1.76 bits per heavy atom. The lowest BCUT2D eigenvalue weighted by molar-refractivity contribution is 0.429. The molecule has 11 rings (SSSR count). The minimum absolute atomic E-state index is 0.378. The number of ether oxygens (including phenoxy) is 1. The van der Waals surface area contributed by atoms with Gasteiger partial charge in [0.2, 0.25) is 0 Å². The Kier molecular flexibility index (Phi) is 5.51. The van der Waals surface area contributed by atoms with Crippen LogP contribution in [0.1, 0.15) is 45.9 Å². The molecule has 1 heterocycles. The fraction of sp³-hybridized carbons (Fsp3) is 0.0612. The minimum Gasteiger partial charge on any atom is -0.456 e. The number of fused-ring (bicyclic) bond motifs is 11. The molecule has 2 aliphatic carbocycles. The molecule has 8 aromatic carbocycles. The van der Waals surface area contributed by atoms with Gasteiger partial charge in [-0.3, -0.25) is 0 Å². The zero-order chi connectivity index (χ0) is 33.0. The van der Waals surface area contributed by atoms with Crippen LogP contribution in [0.25, 0.3) is 44.2 Å². The summed E-state index contributed by atoms with van der Waals surface area (Å²) in [6.45, 7) is 2.34. The molecule has 1 heteroatoms. The van der Waals surface area contributed by atoms with Gasteiger partial charge in [-0.25, -0.2) is 0 Å². The third-order valence-electron chi connectivity index (χ3n) is 11.8. The Morgan fingerprint density at radius 1 is 0.400 bits per heavy atom. The van der Waals surface area contributed by atoms with Gasteiger partial charge in [0, 0.05) is 22.1 Å². The van der Waals surface area contributed by atoms with Crippen molar-refractivity contribution in [3.8, 4) is 44.9 Å². The molecule has 0 bridgehead atoms. The minimum atomic E-state index is -0.465. The van der Waals surface area contributed by atoms with Crippen LogP contribution in [0.3, 0.4) is 0 Å². The molecule has 234 valence electrons. The molecule has 0 saturated heterocycles. The smallest absolute Gasteiger partial charge is 0.139 e. The predicted molar refractivity (Wildman–Crippen MR) is 204 cm³/mol. The van der Waals surface area contributed by atoms with E-state index in [-0.39, 0.29) is 5.41 Å². The summed E-state index contributed by atoms with van der Waals surface area (Å²) in [5, 5.41) is 2.62. The molecule has 50 heavy (non-hydrogen) atoms. The first-order valence-corrected chi connectivity index (χ1v) is 17.5. The molecular formula is C49H32O.